The summed E-state index contributed by atoms with van der Waals surface area (Å²) in [4.78, 5) is 23.8. The summed E-state index contributed by atoms with van der Waals surface area (Å²) in [6.45, 7) is 10.3. The summed E-state index contributed by atoms with van der Waals surface area (Å²) in [7, 11) is 0. The Morgan fingerprint density at radius 2 is 1.19 bits per heavy atom. The summed E-state index contributed by atoms with van der Waals surface area (Å²) in [5, 5.41) is 0. The SMILES string of the molecule is CCCCC(CC)COc1ccc(-c2nc(-c3ccc(OCC(CC)CCCC)cc3)[nH]c(=O)n2)cc1. The van der Waals surface area contributed by atoms with Crippen molar-refractivity contribution in [1.82, 2.24) is 15.0 Å². The number of benzene rings is 2. The van der Waals surface area contributed by atoms with Gasteiger partial charge in [-0.1, -0.05) is 66.2 Å². The zero-order chi connectivity index (χ0) is 26.5. The minimum atomic E-state index is -0.427. The lowest BCUT2D eigenvalue weighted by molar-refractivity contribution is 0.233. The highest BCUT2D eigenvalue weighted by Gasteiger charge is 2.11. The number of unbranched alkanes of at least 4 members (excludes halogenated alkanes) is 2. The molecule has 2 atom stereocenters. The molecule has 0 radical (unpaired) electrons. The first-order valence-corrected chi connectivity index (χ1v) is 14.0. The number of ether oxygens (including phenoxy) is 2. The number of aromatic nitrogens is 3. The number of H-pyrrole nitrogens is 1. The van der Waals surface area contributed by atoms with Crippen LogP contribution < -0.4 is 15.2 Å². The normalized spacial score (nSPS) is 12.8. The zero-order valence-electron chi connectivity index (χ0n) is 23.0. The Morgan fingerprint density at radius 3 is 1.65 bits per heavy atom. The average molecular weight is 506 g/mol. The van der Waals surface area contributed by atoms with Crippen LogP contribution in [0.2, 0.25) is 0 Å². The molecule has 2 aromatic carbocycles. The largest absolute Gasteiger partial charge is 0.493 e. The molecule has 0 aliphatic rings. The number of rotatable bonds is 16. The number of nitrogens with zero attached hydrogens (tertiary/aromatic N) is 2. The molecule has 0 saturated carbocycles. The third-order valence-electron chi connectivity index (χ3n) is 6.95. The monoisotopic (exact) mass is 505 g/mol. The Balaban J connectivity index is 1.65. The second kappa shape index (κ2) is 15.2. The van der Waals surface area contributed by atoms with Crippen LogP contribution >= 0.6 is 0 Å². The molecule has 200 valence electrons. The third-order valence-corrected chi connectivity index (χ3v) is 6.95. The summed E-state index contributed by atoms with van der Waals surface area (Å²) >= 11 is 0. The minimum absolute atomic E-state index is 0.390. The molecule has 0 amide bonds. The van der Waals surface area contributed by atoms with Crippen molar-refractivity contribution < 1.29 is 9.47 Å². The Labute approximate surface area is 221 Å². The van der Waals surface area contributed by atoms with Crippen molar-refractivity contribution in [1.29, 1.82) is 0 Å². The van der Waals surface area contributed by atoms with E-state index in [1.54, 1.807) is 0 Å². The van der Waals surface area contributed by atoms with E-state index in [4.69, 9.17) is 9.47 Å². The maximum Gasteiger partial charge on any atom is 0.348 e. The third kappa shape index (κ3) is 9.03. The highest BCUT2D eigenvalue weighted by molar-refractivity contribution is 5.61. The first kappa shape index (κ1) is 28.4. The van der Waals surface area contributed by atoms with Crippen molar-refractivity contribution in [3.05, 3.63) is 59.0 Å². The van der Waals surface area contributed by atoms with Gasteiger partial charge in [-0.3, -0.25) is 4.98 Å². The smallest absolute Gasteiger partial charge is 0.348 e. The van der Waals surface area contributed by atoms with Gasteiger partial charge in [-0.15, -0.1) is 0 Å². The lowest BCUT2D eigenvalue weighted by atomic mass is 10.0. The topological polar surface area (TPSA) is 77.1 Å². The van der Waals surface area contributed by atoms with E-state index >= 15 is 0 Å². The van der Waals surface area contributed by atoms with Gasteiger partial charge < -0.3 is 9.47 Å². The molecular weight excluding hydrogens is 462 g/mol. The molecule has 3 aromatic rings. The van der Waals surface area contributed by atoms with Gasteiger partial charge in [-0.25, -0.2) is 9.78 Å². The Hall–Kier alpha value is -3.15. The highest BCUT2D eigenvalue weighted by atomic mass is 16.5. The van der Waals surface area contributed by atoms with Crippen molar-refractivity contribution in [2.45, 2.75) is 79.1 Å². The molecular formula is C31H43N3O3. The zero-order valence-corrected chi connectivity index (χ0v) is 23.0. The van der Waals surface area contributed by atoms with Gasteiger partial charge in [0.25, 0.3) is 0 Å². The molecule has 0 spiro atoms. The van der Waals surface area contributed by atoms with Crippen molar-refractivity contribution in [3.8, 4) is 34.3 Å². The second-order valence-corrected chi connectivity index (χ2v) is 9.83. The summed E-state index contributed by atoms with van der Waals surface area (Å²) in [5.74, 6) is 3.67. The number of hydrogen-bond donors (Lipinski definition) is 1. The van der Waals surface area contributed by atoms with Crippen LogP contribution in [0.25, 0.3) is 22.8 Å². The fourth-order valence-electron chi connectivity index (χ4n) is 4.28. The molecule has 6 nitrogen and oxygen atoms in total. The molecule has 1 aromatic heterocycles. The van der Waals surface area contributed by atoms with Crippen LogP contribution in [-0.2, 0) is 0 Å². The number of nitrogens with one attached hydrogen (secondary N) is 1. The van der Waals surface area contributed by atoms with Crippen LogP contribution in [0.3, 0.4) is 0 Å². The predicted molar refractivity (Wildman–Crippen MR) is 151 cm³/mol. The highest BCUT2D eigenvalue weighted by Crippen LogP contribution is 2.24. The van der Waals surface area contributed by atoms with E-state index in [2.05, 4.69) is 42.6 Å². The van der Waals surface area contributed by atoms with Crippen LogP contribution in [-0.4, -0.2) is 28.2 Å². The minimum Gasteiger partial charge on any atom is -0.493 e. The molecule has 37 heavy (non-hydrogen) atoms. The van der Waals surface area contributed by atoms with Gasteiger partial charge in [0.15, 0.2) is 5.82 Å². The molecule has 3 rings (SSSR count). The molecule has 6 heteroatoms. The summed E-state index contributed by atoms with van der Waals surface area (Å²) in [6, 6.07) is 15.3. The van der Waals surface area contributed by atoms with Gasteiger partial charge in [-0.2, -0.15) is 4.98 Å². The van der Waals surface area contributed by atoms with Gasteiger partial charge >= 0.3 is 5.69 Å². The van der Waals surface area contributed by atoms with Gasteiger partial charge in [0.05, 0.1) is 13.2 Å². The quantitative estimate of drug-likeness (QED) is 0.216. The van der Waals surface area contributed by atoms with Crippen molar-refractivity contribution in [2.75, 3.05) is 13.2 Å². The van der Waals surface area contributed by atoms with Gasteiger partial charge in [0, 0.05) is 11.1 Å². The van der Waals surface area contributed by atoms with Crippen molar-refractivity contribution in [3.63, 3.8) is 0 Å². The standard InChI is InChI=1S/C31H43N3O3/c1-5-9-11-23(7-3)21-36-27-17-13-25(14-18-27)29-32-30(34-31(35)33-29)26-15-19-28(20-16-26)37-22-24(8-4)12-10-6-2/h13-20,23-24H,5-12,21-22H2,1-4H3,(H,32,33,34,35). The van der Waals surface area contributed by atoms with Gasteiger partial charge in [0.1, 0.15) is 17.3 Å². The summed E-state index contributed by atoms with van der Waals surface area (Å²) < 4.78 is 12.0. The molecule has 2 unspecified atom stereocenters. The van der Waals surface area contributed by atoms with Gasteiger partial charge in [0.2, 0.25) is 0 Å². The second-order valence-electron chi connectivity index (χ2n) is 9.83. The predicted octanol–water partition coefficient (Wildman–Crippen LogP) is 7.69. The fourth-order valence-corrected chi connectivity index (χ4v) is 4.28. The van der Waals surface area contributed by atoms with Crippen LogP contribution in [0.5, 0.6) is 11.5 Å². The van der Waals surface area contributed by atoms with Crippen molar-refractivity contribution in [2.24, 2.45) is 11.8 Å². The number of aromatic amines is 1. The lowest BCUT2D eigenvalue weighted by Crippen LogP contribution is -2.14. The molecule has 0 aliphatic heterocycles. The molecule has 0 fully saturated rings. The maximum absolute atomic E-state index is 12.3. The van der Waals surface area contributed by atoms with Crippen LogP contribution in [0.1, 0.15) is 79.1 Å². The average Bonchev–Trinajstić information content (AvgIpc) is 2.93. The summed E-state index contributed by atoms with van der Waals surface area (Å²) in [6.07, 6.45) is 9.51. The van der Waals surface area contributed by atoms with E-state index in [0.717, 1.165) is 48.7 Å². The van der Waals surface area contributed by atoms with Crippen LogP contribution in [0, 0.1) is 11.8 Å². The molecule has 0 bridgehead atoms. The molecule has 0 saturated heterocycles. The fraction of sp³-hybridized carbons (Fsp3) is 0.516. The van der Waals surface area contributed by atoms with E-state index < -0.39 is 5.69 Å². The number of hydrogen-bond acceptors (Lipinski definition) is 5. The lowest BCUT2D eigenvalue weighted by Gasteiger charge is -2.16. The Kier molecular flexibility index (Phi) is 11.7. The molecule has 0 aliphatic carbocycles. The maximum atomic E-state index is 12.3. The summed E-state index contributed by atoms with van der Waals surface area (Å²) in [5.41, 5.74) is 1.16. The molecule has 1 N–H and O–H groups in total. The molecule has 1 heterocycles. The van der Waals surface area contributed by atoms with Crippen LogP contribution in [0.4, 0.5) is 0 Å². The van der Waals surface area contributed by atoms with E-state index in [-0.39, 0.29) is 0 Å². The Morgan fingerprint density at radius 1 is 0.703 bits per heavy atom. The first-order chi connectivity index (χ1) is 18.1. The van der Waals surface area contributed by atoms with E-state index in [1.807, 2.05) is 48.5 Å². The van der Waals surface area contributed by atoms with E-state index in [0.29, 0.717) is 23.5 Å². The van der Waals surface area contributed by atoms with E-state index in [1.165, 1.54) is 38.5 Å². The van der Waals surface area contributed by atoms with Crippen molar-refractivity contribution >= 4 is 0 Å². The van der Waals surface area contributed by atoms with Crippen LogP contribution in [0.15, 0.2) is 53.3 Å². The Bertz CT molecular complexity index is 1030. The van der Waals surface area contributed by atoms with Gasteiger partial charge in [-0.05, 0) is 73.2 Å². The first-order valence-electron chi connectivity index (χ1n) is 14.0. The van der Waals surface area contributed by atoms with E-state index in [9.17, 15) is 4.79 Å².